The van der Waals surface area contributed by atoms with E-state index in [-0.39, 0.29) is 5.41 Å². The molecule has 1 saturated heterocycles. The summed E-state index contributed by atoms with van der Waals surface area (Å²) in [6.45, 7) is 5.04. The molecule has 0 bridgehead atoms. The zero-order valence-corrected chi connectivity index (χ0v) is 12.9. The summed E-state index contributed by atoms with van der Waals surface area (Å²) >= 11 is 0. The minimum absolute atomic E-state index is 0.282. The Labute approximate surface area is 127 Å². The first kappa shape index (κ1) is 13.6. The summed E-state index contributed by atoms with van der Waals surface area (Å²) in [6, 6.07) is 7.32. The highest BCUT2D eigenvalue weighted by molar-refractivity contribution is 5.40. The molecule has 1 aliphatic carbocycles. The fourth-order valence-electron chi connectivity index (χ4n) is 3.72. The van der Waals surface area contributed by atoms with E-state index in [1.807, 2.05) is 0 Å². The summed E-state index contributed by atoms with van der Waals surface area (Å²) < 4.78 is 11.9. The average Bonchev–Trinajstić information content (AvgIpc) is 3.05. The Morgan fingerprint density at radius 2 is 2.24 bits per heavy atom. The lowest BCUT2D eigenvalue weighted by molar-refractivity contribution is 0.102. The molecule has 1 N–H and O–H groups in total. The highest BCUT2D eigenvalue weighted by atomic mass is 16.5. The molecule has 0 spiro atoms. The van der Waals surface area contributed by atoms with Gasteiger partial charge in [0.1, 0.15) is 11.9 Å². The molecule has 2 aliphatic heterocycles. The molecular formula is C18H25NO2. The quantitative estimate of drug-likeness (QED) is 0.903. The Bertz CT molecular complexity index is 518. The third kappa shape index (κ3) is 2.95. The Hall–Kier alpha value is -1.06. The smallest absolute Gasteiger partial charge is 0.123 e. The molecule has 4 rings (SSSR count). The lowest BCUT2D eigenvalue weighted by Crippen LogP contribution is -2.39. The number of hydrogen-bond donors (Lipinski definition) is 1. The van der Waals surface area contributed by atoms with Gasteiger partial charge >= 0.3 is 0 Å². The summed E-state index contributed by atoms with van der Waals surface area (Å²) in [5.74, 6) is 1.09. The van der Waals surface area contributed by atoms with Gasteiger partial charge in [-0.05, 0) is 44.2 Å². The second-order valence-corrected chi connectivity index (χ2v) is 7.22. The number of nitrogens with one attached hydrogen (secondary N) is 1. The highest BCUT2D eigenvalue weighted by Crippen LogP contribution is 2.39. The van der Waals surface area contributed by atoms with Crippen LogP contribution in [0, 0.1) is 12.3 Å². The second kappa shape index (κ2) is 5.29. The second-order valence-electron chi connectivity index (χ2n) is 7.22. The normalized spacial score (nSPS) is 31.2. The monoisotopic (exact) mass is 287 g/mol. The van der Waals surface area contributed by atoms with Crippen LogP contribution < -0.4 is 10.1 Å². The van der Waals surface area contributed by atoms with Gasteiger partial charge in [0.05, 0.1) is 6.61 Å². The van der Waals surface area contributed by atoms with Crippen molar-refractivity contribution in [2.75, 3.05) is 19.8 Å². The van der Waals surface area contributed by atoms with Crippen molar-refractivity contribution in [3.05, 3.63) is 29.3 Å². The SMILES string of the molecule is Cc1ccc2c(c1)CC(CC1(CNC3CC3)CCOC1)O2. The van der Waals surface area contributed by atoms with Crippen LogP contribution in [-0.4, -0.2) is 31.9 Å². The van der Waals surface area contributed by atoms with Gasteiger partial charge < -0.3 is 14.8 Å². The highest BCUT2D eigenvalue weighted by Gasteiger charge is 2.40. The summed E-state index contributed by atoms with van der Waals surface area (Å²) in [6.07, 6.45) is 6.36. The summed E-state index contributed by atoms with van der Waals surface area (Å²) in [7, 11) is 0. The van der Waals surface area contributed by atoms with E-state index in [0.717, 1.165) is 44.4 Å². The first-order valence-corrected chi connectivity index (χ1v) is 8.30. The van der Waals surface area contributed by atoms with Gasteiger partial charge in [-0.3, -0.25) is 0 Å². The molecular weight excluding hydrogens is 262 g/mol. The molecule has 0 radical (unpaired) electrons. The van der Waals surface area contributed by atoms with E-state index in [2.05, 4.69) is 30.4 Å². The van der Waals surface area contributed by atoms with Crippen molar-refractivity contribution in [2.45, 2.75) is 51.2 Å². The molecule has 3 heteroatoms. The molecule has 3 aliphatic rings. The van der Waals surface area contributed by atoms with Gasteiger partial charge in [0, 0.05) is 31.0 Å². The molecule has 21 heavy (non-hydrogen) atoms. The molecule has 3 nitrogen and oxygen atoms in total. The van der Waals surface area contributed by atoms with Gasteiger partial charge in [0.2, 0.25) is 0 Å². The molecule has 1 aromatic carbocycles. The zero-order valence-electron chi connectivity index (χ0n) is 12.9. The van der Waals surface area contributed by atoms with E-state index in [9.17, 15) is 0 Å². The van der Waals surface area contributed by atoms with Crippen LogP contribution in [0.2, 0.25) is 0 Å². The van der Waals surface area contributed by atoms with Crippen LogP contribution in [0.25, 0.3) is 0 Å². The number of ether oxygens (including phenoxy) is 2. The Balaban J connectivity index is 1.42. The van der Waals surface area contributed by atoms with E-state index in [1.54, 1.807) is 0 Å². The number of rotatable bonds is 5. The van der Waals surface area contributed by atoms with E-state index in [0.29, 0.717) is 6.10 Å². The standard InChI is InChI=1S/C18H25NO2/c1-13-2-5-17-14(8-13)9-16(21-17)10-18(6-7-20-12-18)11-19-15-3-4-15/h2,5,8,15-16,19H,3-4,6-7,9-12H2,1H3. The molecule has 2 atom stereocenters. The fourth-order valence-corrected chi connectivity index (χ4v) is 3.72. The summed E-state index contributed by atoms with van der Waals surface area (Å²) in [4.78, 5) is 0. The molecule has 1 aromatic rings. The topological polar surface area (TPSA) is 30.5 Å². The Kier molecular flexibility index (Phi) is 3.43. The molecule has 1 saturated carbocycles. The van der Waals surface area contributed by atoms with Gasteiger partial charge in [-0.15, -0.1) is 0 Å². The molecule has 0 amide bonds. The van der Waals surface area contributed by atoms with Crippen molar-refractivity contribution in [2.24, 2.45) is 5.41 Å². The third-order valence-corrected chi connectivity index (χ3v) is 5.15. The molecule has 0 aromatic heterocycles. The van der Waals surface area contributed by atoms with Crippen molar-refractivity contribution in [1.29, 1.82) is 0 Å². The van der Waals surface area contributed by atoms with Crippen LogP contribution in [0.4, 0.5) is 0 Å². The van der Waals surface area contributed by atoms with Crippen molar-refractivity contribution in [1.82, 2.24) is 5.32 Å². The van der Waals surface area contributed by atoms with Crippen molar-refractivity contribution >= 4 is 0 Å². The Morgan fingerprint density at radius 1 is 1.33 bits per heavy atom. The maximum atomic E-state index is 6.19. The Morgan fingerprint density at radius 3 is 3.00 bits per heavy atom. The first-order chi connectivity index (χ1) is 10.2. The summed E-state index contributed by atoms with van der Waals surface area (Å²) in [5, 5.41) is 3.71. The van der Waals surface area contributed by atoms with Gasteiger partial charge in [-0.1, -0.05) is 17.7 Å². The van der Waals surface area contributed by atoms with Crippen molar-refractivity contribution in [3.8, 4) is 5.75 Å². The van der Waals surface area contributed by atoms with Crippen LogP contribution in [-0.2, 0) is 11.2 Å². The van der Waals surface area contributed by atoms with E-state index in [4.69, 9.17) is 9.47 Å². The van der Waals surface area contributed by atoms with Gasteiger partial charge in [0.15, 0.2) is 0 Å². The van der Waals surface area contributed by atoms with Crippen LogP contribution >= 0.6 is 0 Å². The number of benzene rings is 1. The van der Waals surface area contributed by atoms with Crippen molar-refractivity contribution < 1.29 is 9.47 Å². The van der Waals surface area contributed by atoms with Crippen LogP contribution in [0.15, 0.2) is 18.2 Å². The largest absolute Gasteiger partial charge is 0.490 e. The summed E-state index contributed by atoms with van der Waals surface area (Å²) in [5.41, 5.74) is 2.99. The van der Waals surface area contributed by atoms with Gasteiger partial charge in [-0.25, -0.2) is 0 Å². The van der Waals surface area contributed by atoms with E-state index < -0.39 is 0 Å². The first-order valence-electron chi connectivity index (χ1n) is 8.30. The maximum absolute atomic E-state index is 6.19. The molecule has 2 heterocycles. The minimum Gasteiger partial charge on any atom is -0.490 e. The number of fused-ring (bicyclic) bond motifs is 1. The minimum atomic E-state index is 0.282. The van der Waals surface area contributed by atoms with Crippen molar-refractivity contribution in [3.63, 3.8) is 0 Å². The van der Waals surface area contributed by atoms with E-state index >= 15 is 0 Å². The number of aryl methyl sites for hydroxylation is 1. The van der Waals surface area contributed by atoms with Gasteiger partial charge in [-0.2, -0.15) is 0 Å². The fraction of sp³-hybridized carbons (Fsp3) is 0.667. The predicted octanol–water partition coefficient (Wildman–Crippen LogP) is 2.85. The lowest BCUT2D eigenvalue weighted by atomic mass is 9.80. The average molecular weight is 287 g/mol. The van der Waals surface area contributed by atoms with Crippen LogP contribution in [0.1, 0.15) is 36.8 Å². The van der Waals surface area contributed by atoms with Crippen LogP contribution in [0.5, 0.6) is 5.75 Å². The molecule has 114 valence electrons. The lowest BCUT2D eigenvalue weighted by Gasteiger charge is -2.30. The van der Waals surface area contributed by atoms with Crippen LogP contribution in [0.3, 0.4) is 0 Å². The van der Waals surface area contributed by atoms with Gasteiger partial charge in [0.25, 0.3) is 0 Å². The maximum Gasteiger partial charge on any atom is 0.123 e. The predicted molar refractivity (Wildman–Crippen MR) is 82.8 cm³/mol. The number of hydrogen-bond acceptors (Lipinski definition) is 3. The third-order valence-electron chi connectivity index (χ3n) is 5.15. The molecule has 2 fully saturated rings. The zero-order chi connectivity index (χ0) is 14.3. The van der Waals surface area contributed by atoms with E-state index in [1.165, 1.54) is 30.4 Å². The molecule has 2 unspecified atom stereocenters.